The van der Waals surface area contributed by atoms with Crippen molar-refractivity contribution in [2.45, 2.75) is 29.2 Å². The maximum Gasteiger partial charge on any atom is 0.111 e. The lowest BCUT2D eigenvalue weighted by Gasteiger charge is -2.25. The lowest BCUT2D eigenvalue weighted by Crippen LogP contribution is -2.47. The largest absolute Gasteiger partial charge is 0.395 e. The summed E-state index contributed by atoms with van der Waals surface area (Å²) in [5.41, 5.74) is 0. The summed E-state index contributed by atoms with van der Waals surface area (Å²) < 4.78 is 4.96. The van der Waals surface area contributed by atoms with E-state index in [-0.39, 0.29) is 24.6 Å². The summed E-state index contributed by atoms with van der Waals surface area (Å²) >= 11 is 3.09. The minimum absolute atomic E-state index is 0.124. The Labute approximate surface area is 107 Å². The van der Waals surface area contributed by atoms with Gasteiger partial charge in [0.25, 0.3) is 0 Å². The zero-order valence-electron chi connectivity index (χ0n) is 9.18. The molecule has 0 fully saturated rings. The maximum absolute atomic E-state index is 9.41. The Balaban J connectivity index is 3.92. The van der Waals surface area contributed by atoms with Gasteiger partial charge in [-0.3, -0.25) is 0 Å². The molecule has 1 unspecified atom stereocenters. The molecule has 0 aromatic carbocycles. The standard InChI is InChI=1S/C9H19BrO7/c10-5(1-11)3-17-4-7(14)9(16)8(15)6(13)2-12/h5-9,11-16H,1-4H2/t5?,6-,7+,8-,9-/m1/s1. The van der Waals surface area contributed by atoms with E-state index in [1.54, 1.807) is 0 Å². The second-order valence-corrected chi connectivity index (χ2v) is 4.91. The van der Waals surface area contributed by atoms with Crippen molar-refractivity contribution in [3.05, 3.63) is 0 Å². The van der Waals surface area contributed by atoms with Crippen molar-refractivity contribution in [2.75, 3.05) is 26.4 Å². The number of ether oxygens (including phenoxy) is 1. The Morgan fingerprint density at radius 1 is 0.824 bits per heavy atom. The van der Waals surface area contributed by atoms with Crippen LogP contribution in [0.5, 0.6) is 0 Å². The van der Waals surface area contributed by atoms with E-state index < -0.39 is 31.0 Å². The van der Waals surface area contributed by atoms with Crippen molar-refractivity contribution in [2.24, 2.45) is 0 Å². The first-order valence-electron chi connectivity index (χ1n) is 5.09. The third kappa shape index (κ3) is 6.63. The fourth-order valence-electron chi connectivity index (χ4n) is 1.03. The molecular weight excluding hydrogens is 300 g/mol. The quantitative estimate of drug-likeness (QED) is 0.253. The van der Waals surface area contributed by atoms with Crippen molar-refractivity contribution in [1.29, 1.82) is 0 Å². The number of rotatable bonds is 9. The van der Waals surface area contributed by atoms with E-state index in [1.165, 1.54) is 0 Å². The summed E-state index contributed by atoms with van der Waals surface area (Å²) in [5.74, 6) is 0. The molecule has 0 amide bonds. The third-order valence-corrected chi connectivity index (χ3v) is 2.66. The molecule has 0 bridgehead atoms. The smallest absolute Gasteiger partial charge is 0.111 e. The SMILES string of the molecule is OCC(Br)COC[C@H](O)[C@@H](O)[C@H](O)[C@H](O)CO. The van der Waals surface area contributed by atoms with Crippen molar-refractivity contribution >= 4 is 15.9 Å². The van der Waals surface area contributed by atoms with E-state index in [0.717, 1.165) is 0 Å². The van der Waals surface area contributed by atoms with Crippen LogP contribution >= 0.6 is 15.9 Å². The van der Waals surface area contributed by atoms with Crippen LogP contribution in [0.2, 0.25) is 0 Å². The molecule has 0 aliphatic rings. The molecule has 0 heterocycles. The first-order chi connectivity index (χ1) is 7.93. The molecule has 0 saturated heterocycles. The summed E-state index contributed by atoms with van der Waals surface area (Å²) in [6.45, 7) is -0.998. The molecule has 0 rings (SSSR count). The average Bonchev–Trinajstić information content (AvgIpc) is 2.35. The molecule has 0 aliphatic carbocycles. The predicted molar refractivity (Wildman–Crippen MR) is 61.7 cm³/mol. The molecule has 0 aliphatic heterocycles. The van der Waals surface area contributed by atoms with Gasteiger partial charge in [-0.15, -0.1) is 0 Å². The van der Waals surface area contributed by atoms with E-state index in [1.807, 2.05) is 0 Å². The van der Waals surface area contributed by atoms with Crippen LogP contribution in [0.1, 0.15) is 0 Å². The Morgan fingerprint density at radius 3 is 1.82 bits per heavy atom. The van der Waals surface area contributed by atoms with Gasteiger partial charge in [0.05, 0.1) is 31.3 Å². The average molecular weight is 319 g/mol. The second-order valence-electron chi connectivity index (χ2n) is 3.62. The molecule has 7 nitrogen and oxygen atoms in total. The Morgan fingerprint density at radius 2 is 1.35 bits per heavy atom. The van der Waals surface area contributed by atoms with Crippen LogP contribution in [-0.2, 0) is 4.74 Å². The molecule has 5 atom stereocenters. The number of aliphatic hydroxyl groups is 6. The van der Waals surface area contributed by atoms with E-state index >= 15 is 0 Å². The van der Waals surface area contributed by atoms with Crippen molar-refractivity contribution in [3.63, 3.8) is 0 Å². The van der Waals surface area contributed by atoms with Crippen LogP contribution in [-0.4, -0.2) is 86.3 Å². The molecule has 104 valence electrons. The highest BCUT2D eigenvalue weighted by Gasteiger charge is 2.30. The molecule has 8 heteroatoms. The lowest BCUT2D eigenvalue weighted by molar-refractivity contribution is -0.129. The van der Waals surface area contributed by atoms with Gasteiger partial charge in [0.2, 0.25) is 0 Å². The first-order valence-corrected chi connectivity index (χ1v) is 6.01. The zero-order chi connectivity index (χ0) is 13.4. The maximum atomic E-state index is 9.41. The normalized spacial score (nSPS) is 20.6. The third-order valence-electron chi connectivity index (χ3n) is 2.11. The van der Waals surface area contributed by atoms with Gasteiger partial charge in [0.1, 0.15) is 24.4 Å². The highest BCUT2D eigenvalue weighted by molar-refractivity contribution is 9.09. The van der Waals surface area contributed by atoms with Gasteiger partial charge in [0, 0.05) is 0 Å². The van der Waals surface area contributed by atoms with Crippen molar-refractivity contribution < 1.29 is 35.4 Å². The second kappa shape index (κ2) is 9.17. The minimum atomic E-state index is -1.66. The number of aliphatic hydroxyl groups excluding tert-OH is 6. The van der Waals surface area contributed by atoms with Crippen molar-refractivity contribution in [1.82, 2.24) is 0 Å². The number of hydrogen-bond donors (Lipinski definition) is 6. The summed E-state index contributed by atoms with van der Waals surface area (Å²) in [6, 6.07) is 0. The van der Waals surface area contributed by atoms with E-state index in [4.69, 9.17) is 20.1 Å². The van der Waals surface area contributed by atoms with Gasteiger partial charge < -0.3 is 35.4 Å². The van der Waals surface area contributed by atoms with Crippen LogP contribution in [0, 0.1) is 0 Å². The van der Waals surface area contributed by atoms with Gasteiger partial charge in [-0.2, -0.15) is 0 Å². The summed E-state index contributed by atoms with van der Waals surface area (Å²) in [6.07, 6.45) is -6.21. The van der Waals surface area contributed by atoms with Crippen LogP contribution < -0.4 is 0 Å². The summed E-state index contributed by atoms with van der Waals surface area (Å²) in [5, 5.41) is 54.4. The molecule has 0 aromatic heterocycles. The van der Waals surface area contributed by atoms with Crippen LogP contribution in [0.4, 0.5) is 0 Å². The highest BCUT2D eigenvalue weighted by Crippen LogP contribution is 2.06. The van der Waals surface area contributed by atoms with Crippen molar-refractivity contribution in [3.8, 4) is 0 Å². The summed E-state index contributed by atoms with van der Waals surface area (Å²) in [7, 11) is 0. The van der Waals surface area contributed by atoms with Gasteiger partial charge in [-0.25, -0.2) is 0 Å². The van der Waals surface area contributed by atoms with Crippen LogP contribution in [0.15, 0.2) is 0 Å². The Bertz CT molecular complexity index is 194. The molecule has 0 spiro atoms. The summed E-state index contributed by atoms with van der Waals surface area (Å²) in [4.78, 5) is -0.278. The van der Waals surface area contributed by atoms with Gasteiger partial charge >= 0.3 is 0 Å². The number of alkyl halides is 1. The minimum Gasteiger partial charge on any atom is -0.395 e. The number of hydrogen-bond acceptors (Lipinski definition) is 7. The van der Waals surface area contributed by atoms with Crippen LogP contribution in [0.3, 0.4) is 0 Å². The molecular formula is C9H19BrO7. The Kier molecular flexibility index (Phi) is 9.28. The molecule has 0 aromatic rings. The fourth-order valence-corrected chi connectivity index (χ4v) is 1.22. The van der Waals surface area contributed by atoms with E-state index in [2.05, 4.69) is 15.9 Å². The van der Waals surface area contributed by atoms with E-state index in [9.17, 15) is 15.3 Å². The Hall–Kier alpha value is 0.200. The highest BCUT2D eigenvalue weighted by atomic mass is 79.9. The fraction of sp³-hybridized carbons (Fsp3) is 1.00. The molecule has 0 saturated carbocycles. The number of halogens is 1. The van der Waals surface area contributed by atoms with Gasteiger partial charge in [-0.05, 0) is 0 Å². The van der Waals surface area contributed by atoms with Crippen LogP contribution in [0.25, 0.3) is 0 Å². The van der Waals surface area contributed by atoms with E-state index in [0.29, 0.717) is 0 Å². The predicted octanol–water partition coefficient (Wildman–Crippen LogP) is -2.81. The lowest BCUT2D eigenvalue weighted by atomic mass is 10.0. The molecule has 0 radical (unpaired) electrons. The first kappa shape index (κ1) is 17.2. The zero-order valence-corrected chi connectivity index (χ0v) is 10.8. The van der Waals surface area contributed by atoms with Gasteiger partial charge in [0.15, 0.2) is 0 Å². The molecule has 6 N–H and O–H groups in total. The van der Waals surface area contributed by atoms with Gasteiger partial charge in [-0.1, -0.05) is 15.9 Å². The topological polar surface area (TPSA) is 131 Å². The monoisotopic (exact) mass is 318 g/mol. The molecule has 17 heavy (non-hydrogen) atoms.